The van der Waals surface area contributed by atoms with Crippen LogP contribution in [0, 0.1) is 6.92 Å². The Kier molecular flexibility index (Phi) is 3.69. The van der Waals surface area contributed by atoms with Gasteiger partial charge in [0.25, 0.3) is 0 Å². The van der Waals surface area contributed by atoms with Crippen molar-refractivity contribution in [3.05, 3.63) is 25.0 Å². The average molecular weight is 415 g/mol. The van der Waals surface area contributed by atoms with E-state index in [1.165, 1.54) is 0 Å². The van der Waals surface area contributed by atoms with Gasteiger partial charge in [-0.25, -0.2) is 0 Å². The first kappa shape index (κ1) is 12.9. The SMILES string of the molecule is Cc1c(Br)cc(Br)c(Br)c1OCC1(C)CO1. The van der Waals surface area contributed by atoms with E-state index in [0.717, 1.165) is 31.3 Å². The standard InChI is InChI=1S/C11H11Br3O2/c1-6-7(12)3-8(13)9(14)10(6)15-4-11(2)5-16-11/h3H,4-5H2,1-2H3. The highest BCUT2D eigenvalue weighted by Crippen LogP contribution is 2.40. The van der Waals surface area contributed by atoms with Crippen LogP contribution < -0.4 is 4.74 Å². The van der Waals surface area contributed by atoms with E-state index >= 15 is 0 Å². The molecule has 1 unspecified atom stereocenters. The first-order chi connectivity index (χ1) is 7.43. The summed E-state index contributed by atoms with van der Waals surface area (Å²) in [6, 6.07) is 2.00. The molecule has 2 rings (SSSR count). The summed E-state index contributed by atoms with van der Waals surface area (Å²) in [6.07, 6.45) is 0. The minimum Gasteiger partial charge on any atom is -0.489 e. The first-order valence-electron chi connectivity index (χ1n) is 4.84. The number of benzene rings is 1. The minimum absolute atomic E-state index is 0.0966. The van der Waals surface area contributed by atoms with E-state index in [0.29, 0.717) is 6.61 Å². The maximum Gasteiger partial charge on any atom is 0.138 e. The Bertz CT molecular complexity index is 401. The minimum atomic E-state index is -0.0966. The molecule has 0 bridgehead atoms. The molecule has 1 aromatic carbocycles. The summed E-state index contributed by atoms with van der Waals surface area (Å²) in [5.74, 6) is 0.859. The van der Waals surface area contributed by atoms with Crippen molar-refractivity contribution >= 4 is 47.8 Å². The van der Waals surface area contributed by atoms with E-state index in [2.05, 4.69) is 47.8 Å². The van der Waals surface area contributed by atoms with Gasteiger partial charge in [0.15, 0.2) is 0 Å². The fourth-order valence-electron chi connectivity index (χ4n) is 1.27. The predicted octanol–water partition coefficient (Wildman–Crippen LogP) is 4.45. The van der Waals surface area contributed by atoms with Crippen LogP contribution in [-0.4, -0.2) is 18.8 Å². The quantitative estimate of drug-likeness (QED) is 0.538. The summed E-state index contributed by atoms with van der Waals surface area (Å²) in [5, 5.41) is 0. The van der Waals surface area contributed by atoms with Gasteiger partial charge in [0.1, 0.15) is 18.0 Å². The maximum absolute atomic E-state index is 5.82. The topological polar surface area (TPSA) is 21.8 Å². The number of hydrogen-bond acceptors (Lipinski definition) is 2. The molecule has 2 nitrogen and oxygen atoms in total. The summed E-state index contributed by atoms with van der Waals surface area (Å²) in [6.45, 7) is 5.42. The zero-order valence-electron chi connectivity index (χ0n) is 8.94. The number of ether oxygens (including phenoxy) is 2. The van der Waals surface area contributed by atoms with Gasteiger partial charge in [-0.1, -0.05) is 15.9 Å². The third kappa shape index (κ3) is 2.63. The molecule has 88 valence electrons. The molecule has 1 aliphatic heterocycles. The van der Waals surface area contributed by atoms with E-state index < -0.39 is 0 Å². The molecule has 1 atom stereocenters. The fourth-order valence-corrected chi connectivity index (χ4v) is 2.92. The molecule has 1 fully saturated rings. The van der Waals surface area contributed by atoms with Gasteiger partial charge >= 0.3 is 0 Å². The first-order valence-corrected chi connectivity index (χ1v) is 7.22. The lowest BCUT2D eigenvalue weighted by atomic mass is 10.2. The molecule has 5 heteroatoms. The summed E-state index contributed by atoms with van der Waals surface area (Å²) >= 11 is 10.5. The molecule has 0 saturated carbocycles. The number of epoxide rings is 1. The molecular formula is C11H11Br3O2. The third-order valence-electron chi connectivity index (χ3n) is 2.52. The van der Waals surface area contributed by atoms with Crippen LogP contribution in [0.5, 0.6) is 5.75 Å². The van der Waals surface area contributed by atoms with Gasteiger partial charge in [-0.05, 0) is 51.8 Å². The molecule has 0 aliphatic carbocycles. The second kappa shape index (κ2) is 4.59. The molecule has 1 aromatic rings. The van der Waals surface area contributed by atoms with Crippen LogP contribution in [0.25, 0.3) is 0 Å². The van der Waals surface area contributed by atoms with Crippen molar-refractivity contribution in [3.8, 4) is 5.75 Å². The van der Waals surface area contributed by atoms with E-state index in [1.807, 2.05) is 19.9 Å². The highest BCUT2D eigenvalue weighted by atomic mass is 79.9. The second-order valence-corrected chi connectivity index (χ2v) is 6.64. The monoisotopic (exact) mass is 412 g/mol. The predicted molar refractivity (Wildman–Crippen MR) is 74.1 cm³/mol. The number of halogens is 3. The third-order valence-corrected chi connectivity index (χ3v) is 5.29. The molecule has 0 spiro atoms. The molecular weight excluding hydrogens is 404 g/mol. The van der Waals surface area contributed by atoms with E-state index in [1.54, 1.807) is 0 Å². The average Bonchev–Trinajstić information content (AvgIpc) is 2.94. The van der Waals surface area contributed by atoms with E-state index in [-0.39, 0.29) is 5.60 Å². The van der Waals surface area contributed by atoms with Crippen LogP contribution in [0.3, 0.4) is 0 Å². The van der Waals surface area contributed by atoms with E-state index in [4.69, 9.17) is 9.47 Å². The van der Waals surface area contributed by atoms with Crippen molar-refractivity contribution in [3.63, 3.8) is 0 Å². The van der Waals surface area contributed by atoms with Crippen LogP contribution >= 0.6 is 47.8 Å². The summed E-state index contributed by atoms with van der Waals surface area (Å²) < 4.78 is 14.1. The smallest absolute Gasteiger partial charge is 0.138 e. The lowest BCUT2D eigenvalue weighted by Crippen LogP contribution is -2.17. The zero-order chi connectivity index (χ0) is 11.9. The maximum atomic E-state index is 5.82. The Labute approximate surface area is 120 Å². The molecule has 0 radical (unpaired) electrons. The van der Waals surface area contributed by atoms with Gasteiger partial charge in [0.2, 0.25) is 0 Å². The van der Waals surface area contributed by atoms with Crippen LogP contribution in [0.2, 0.25) is 0 Å². The van der Waals surface area contributed by atoms with Crippen LogP contribution in [0.1, 0.15) is 12.5 Å². The van der Waals surface area contributed by atoms with Crippen molar-refractivity contribution in [2.75, 3.05) is 13.2 Å². The molecule has 1 saturated heterocycles. The van der Waals surface area contributed by atoms with Gasteiger partial charge < -0.3 is 9.47 Å². The van der Waals surface area contributed by atoms with Crippen molar-refractivity contribution in [1.82, 2.24) is 0 Å². The van der Waals surface area contributed by atoms with Gasteiger partial charge in [0, 0.05) is 14.5 Å². The zero-order valence-corrected chi connectivity index (χ0v) is 13.7. The number of rotatable bonds is 3. The van der Waals surface area contributed by atoms with Crippen LogP contribution in [-0.2, 0) is 4.74 Å². The molecule has 0 aromatic heterocycles. The Morgan fingerprint density at radius 2 is 2.00 bits per heavy atom. The summed E-state index contributed by atoms with van der Waals surface area (Å²) in [4.78, 5) is 0. The second-order valence-electron chi connectivity index (χ2n) is 4.14. The normalized spacial score (nSPS) is 23.3. The van der Waals surface area contributed by atoms with Crippen molar-refractivity contribution in [2.45, 2.75) is 19.4 Å². The molecule has 1 heterocycles. The van der Waals surface area contributed by atoms with Crippen LogP contribution in [0.15, 0.2) is 19.5 Å². The van der Waals surface area contributed by atoms with Crippen molar-refractivity contribution < 1.29 is 9.47 Å². The van der Waals surface area contributed by atoms with Gasteiger partial charge in [-0.3, -0.25) is 0 Å². The van der Waals surface area contributed by atoms with Gasteiger partial charge in [0.05, 0.1) is 11.1 Å². The molecule has 0 amide bonds. The largest absolute Gasteiger partial charge is 0.489 e. The molecule has 1 aliphatic rings. The lowest BCUT2D eigenvalue weighted by molar-refractivity contribution is 0.200. The highest BCUT2D eigenvalue weighted by Gasteiger charge is 2.40. The van der Waals surface area contributed by atoms with E-state index in [9.17, 15) is 0 Å². The van der Waals surface area contributed by atoms with Crippen LogP contribution in [0.4, 0.5) is 0 Å². The highest BCUT2D eigenvalue weighted by molar-refractivity contribution is 9.13. The Morgan fingerprint density at radius 3 is 2.56 bits per heavy atom. The Morgan fingerprint density at radius 1 is 1.38 bits per heavy atom. The van der Waals surface area contributed by atoms with Crippen molar-refractivity contribution in [1.29, 1.82) is 0 Å². The van der Waals surface area contributed by atoms with Gasteiger partial charge in [-0.2, -0.15) is 0 Å². The molecule has 16 heavy (non-hydrogen) atoms. The van der Waals surface area contributed by atoms with Crippen molar-refractivity contribution in [2.24, 2.45) is 0 Å². The molecule has 0 N–H and O–H groups in total. The fraction of sp³-hybridized carbons (Fsp3) is 0.455. The summed E-state index contributed by atoms with van der Waals surface area (Å²) in [7, 11) is 0. The summed E-state index contributed by atoms with van der Waals surface area (Å²) in [5.41, 5.74) is 0.986. The van der Waals surface area contributed by atoms with Gasteiger partial charge in [-0.15, -0.1) is 0 Å². The number of hydrogen-bond donors (Lipinski definition) is 0. The Balaban J connectivity index is 2.24. The lowest BCUT2D eigenvalue weighted by Gasteiger charge is -2.15. The Hall–Kier alpha value is 0.420.